The van der Waals surface area contributed by atoms with Crippen LogP contribution in [0, 0.1) is 0 Å². The van der Waals surface area contributed by atoms with Gasteiger partial charge in [-0.05, 0) is 35.8 Å². The monoisotopic (exact) mass is 321 g/mol. The first kappa shape index (κ1) is 15.3. The molecule has 3 aromatic rings. The Hall–Kier alpha value is -2.59. The molecular formula is C19H19N3S. The minimum Gasteiger partial charge on any atom is -0.383 e. The van der Waals surface area contributed by atoms with Gasteiger partial charge in [0.2, 0.25) is 0 Å². The van der Waals surface area contributed by atoms with Gasteiger partial charge in [0, 0.05) is 29.9 Å². The lowest BCUT2D eigenvalue weighted by molar-refractivity contribution is 0.917. The Kier molecular flexibility index (Phi) is 5.06. The second kappa shape index (κ2) is 7.61. The lowest BCUT2D eigenvalue weighted by atomic mass is 10.1. The second-order valence-corrected chi connectivity index (χ2v) is 5.61. The van der Waals surface area contributed by atoms with E-state index in [9.17, 15) is 0 Å². The van der Waals surface area contributed by atoms with E-state index in [0.717, 1.165) is 24.5 Å². The van der Waals surface area contributed by atoms with E-state index in [1.807, 2.05) is 30.3 Å². The molecule has 0 spiro atoms. The van der Waals surface area contributed by atoms with Crippen LogP contribution in [0.3, 0.4) is 0 Å². The van der Waals surface area contributed by atoms with Gasteiger partial charge < -0.3 is 16.0 Å². The number of hydrogen-bond acceptors (Lipinski definition) is 2. The number of rotatable bonds is 5. The summed E-state index contributed by atoms with van der Waals surface area (Å²) in [5.74, 6) is 0. The van der Waals surface area contributed by atoms with Crippen LogP contribution < -0.4 is 16.0 Å². The minimum absolute atomic E-state index is 0.635. The summed E-state index contributed by atoms with van der Waals surface area (Å²) in [4.78, 5) is 0. The van der Waals surface area contributed by atoms with Gasteiger partial charge in [0.1, 0.15) is 0 Å². The largest absolute Gasteiger partial charge is 0.383 e. The van der Waals surface area contributed by atoms with Gasteiger partial charge in [0.15, 0.2) is 5.11 Å². The molecular weight excluding hydrogens is 302 g/mol. The van der Waals surface area contributed by atoms with Crippen molar-refractivity contribution in [2.75, 3.05) is 23.7 Å². The van der Waals surface area contributed by atoms with Gasteiger partial charge in [-0.1, -0.05) is 54.6 Å². The Morgan fingerprint density at radius 3 is 2.39 bits per heavy atom. The van der Waals surface area contributed by atoms with Crippen LogP contribution in [0.15, 0.2) is 72.8 Å². The average Bonchev–Trinajstić information content (AvgIpc) is 2.60. The molecule has 0 bridgehead atoms. The molecule has 3 aromatic carbocycles. The highest BCUT2D eigenvalue weighted by atomic mass is 32.1. The van der Waals surface area contributed by atoms with Gasteiger partial charge in [-0.2, -0.15) is 0 Å². The number of para-hydroxylation sites is 1. The summed E-state index contributed by atoms with van der Waals surface area (Å²) >= 11 is 5.29. The molecule has 116 valence electrons. The van der Waals surface area contributed by atoms with Crippen molar-refractivity contribution in [1.29, 1.82) is 0 Å². The molecule has 0 aliphatic carbocycles. The highest BCUT2D eigenvalue weighted by Crippen LogP contribution is 2.22. The summed E-state index contributed by atoms with van der Waals surface area (Å²) in [5, 5.41) is 12.9. The maximum absolute atomic E-state index is 5.29. The van der Waals surface area contributed by atoms with Crippen molar-refractivity contribution in [1.82, 2.24) is 5.32 Å². The number of benzene rings is 3. The molecule has 0 saturated carbocycles. The number of fused-ring (bicyclic) bond motifs is 1. The van der Waals surface area contributed by atoms with Gasteiger partial charge in [0.25, 0.3) is 0 Å². The predicted molar refractivity (Wildman–Crippen MR) is 103 cm³/mol. The Morgan fingerprint density at radius 1 is 0.783 bits per heavy atom. The topological polar surface area (TPSA) is 36.1 Å². The lowest BCUT2D eigenvalue weighted by Crippen LogP contribution is -2.32. The summed E-state index contributed by atoms with van der Waals surface area (Å²) < 4.78 is 0. The van der Waals surface area contributed by atoms with Crippen LogP contribution in [0.1, 0.15) is 0 Å². The third-order valence-electron chi connectivity index (χ3n) is 3.55. The average molecular weight is 321 g/mol. The predicted octanol–water partition coefficient (Wildman–Crippen LogP) is 4.24. The first-order valence-corrected chi connectivity index (χ1v) is 8.05. The van der Waals surface area contributed by atoms with E-state index in [2.05, 4.69) is 58.4 Å². The van der Waals surface area contributed by atoms with E-state index in [0.29, 0.717) is 5.11 Å². The first-order valence-electron chi connectivity index (χ1n) is 7.64. The smallest absolute Gasteiger partial charge is 0.170 e. The fourth-order valence-electron chi connectivity index (χ4n) is 2.45. The maximum Gasteiger partial charge on any atom is 0.170 e. The Balaban J connectivity index is 1.49. The van der Waals surface area contributed by atoms with Gasteiger partial charge in [0.05, 0.1) is 0 Å². The Labute approximate surface area is 141 Å². The fourth-order valence-corrected chi connectivity index (χ4v) is 2.67. The third kappa shape index (κ3) is 4.20. The molecule has 0 amide bonds. The second-order valence-electron chi connectivity index (χ2n) is 5.20. The van der Waals surface area contributed by atoms with Crippen LogP contribution in [-0.2, 0) is 0 Å². The molecule has 4 heteroatoms. The van der Waals surface area contributed by atoms with Gasteiger partial charge in [-0.15, -0.1) is 0 Å². The molecule has 0 unspecified atom stereocenters. The van der Waals surface area contributed by atoms with Crippen molar-refractivity contribution in [2.24, 2.45) is 0 Å². The van der Waals surface area contributed by atoms with E-state index in [1.165, 1.54) is 10.8 Å². The third-order valence-corrected chi connectivity index (χ3v) is 3.79. The fraction of sp³-hybridized carbons (Fsp3) is 0.105. The van der Waals surface area contributed by atoms with Crippen molar-refractivity contribution >= 4 is 39.5 Å². The van der Waals surface area contributed by atoms with Gasteiger partial charge in [-0.25, -0.2) is 0 Å². The summed E-state index contributed by atoms with van der Waals surface area (Å²) in [6.45, 7) is 1.55. The standard InChI is InChI=1S/C19H19N3S/c23-19(22-16-9-2-1-3-10-16)21-14-13-20-18-12-6-8-15-7-4-5-11-17(15)18/h1-12,20H,13-14H2,(H2,21,22,23). The minimum atomic E-state index is 0.635. The summed E-state index contributed by atoms with van der Waals surface area (Å²) in [5.41, 5.74) is 2.14. The number of nitrogens with one attached hydrogen (secondary N) is 3. The molecule has 0 aromatic heterocycles. The highest BCUT2D eigenvalue weighted by Gasteiger charge is 2.00. The zero-order chi connectivity index (χ0) is 15.9. The van der Waals surface area contributed by atoms with Crippen molar-refractivity contribution in [3.63, 3.8) is 0 Å². The van der Waals surface area contributed by atoms with Crippen LogP contribution in [0.25, 0.3) is 10.8 Å². The summed E-state index contributed by atoms with van der Waals surface area (Å²) in [6, 6.07) is 24.6. The zero-order valence-electron chi connectivity index (χ0n) is 12.8. The molecule has 0 radical (unpaired) electrons. The number of anilines is 2. The Bertz CT molecular complexity index is 781. The summed E-state index contributed by atoms with van der Waals surface area (Å²) in [6.07, 6.45) is 0. The van der Waals surface area contributed by atoms with E-state index in [-0.39, 0.29) is 0 Å². The number of thiocarbonyl (C=S) groups is 1. The van der Waals surface area contributed by atoms with Crippen molar-refractivity contribution in [3.8, 4) is 0 Å². The lowest BCUT2D eigenvalue weighted by Gasteiger charge is -2.12. The van der Waals surface area contributed by atoms with Crippen LogP contribution >= 0.6 is 12.2 Å². The molecule has 0 aliphatic heterocycles. The highest BCUT2D eigenvalue weighted by molar-refractivity contribution is 7.80. The molecule has 23 heavy (non-hydrogen) atoms. The first-order chi connectivity index (χ1) is 11.3. The van der Waals surface area contributed by atoms with E-state index < -0.39 is 0 Å². The molecule has 3 rings (SSSR count). The molecule has 0 fully saturated rings. The number of hydrogen-bond donors (Lipinski definition) is 3. The normalized spacial score (nSPS) is 10.3. The SMILES string of the molecule is S=C(NCCNc1cccc2ccccc12)Nc1ccccc1. The van der Waals surface area contributed by atoms with Crippen molar-refractivity contribution in [3.05, 3.63) is 72.8 Å². The van der Waals surface area contributed by atoms with Gasteiger partial charge in [-0.3, -0.25) is 0 Å². The molecule has 0 saturated heterocycles. The quantitative estimate of drug-likeness (QED) is 0.485. The van der Waals surface area contributed by atoms with E-state index in [1.54, 1.807) is 0 Å². The van der Waals surface area contributed by atoms with Gasteiger partial charge >= 0.3 is 0 Å². The van der Waals surface area contributed by atoms with Crippen LogP contribution in [0.2, 0.25) is 0 Å². The molecule has 0 aliphatic rings. The van der Waals surface area contributed by atoms with E-state index in [4.69, 9.17) is 12.2 Å². The van der Waals surface area contributed by atoms with Crippen molar-refractivity contribution in [2.45, 2.75) is 0 Å². The molecule has 0 atom stereocenters. The maximum atomic E-state index is 5.29. The van der Waals surface area contributed by atoms with Crippen LogP contribution in [-0.4, -0.2) is 18.2 Å². The van der Waals surface area contributed by atoms with Crippen LogP contribution in [0.4, 0.5) is 11.4 Å². The summed E-state index contributed by atoms with van der Waals surface area (Å²) in [7, 11) is 0. The van der Waals surface area contributed by atoms with Crippen LogP contribution in [0.5, 0.6) is 0 Å². The Morgan fingerprint density at radius 2 is 1.52 bits per heavy atom. The zero-order valence-corrected chi connectivity index (χ0v) is 13.6. The van der Waals surface area contributed by atoms with E-state index >= 15 is 0 Å². The van der Waals surface area contributed by atoms with Crippen molar-refractivity contribution < 1.29 is 0 Å². The molecule has 0 heterocycles. The molecule has 3 N–H and O–H groups in total. The molecule has 3 nitrogen and oxygen atoms in total.